The summed E-state index contributed by atoms with van der Waals surface area (Å²) in [4.78, 5) is 28.9. The maximum Gasteiger partial charge on any atom is 0.302 e. The van der Waals surface area contributed by atoms with Crippen molar-refractivity contribution >= 4 is 17.6 Å². The highest BCUT2D eigenvalue weighted by molar-refractivity contribution is 5.72. The molecule has 5 bridgehead atoms. The first kappa shape index (κ1) is 20.2. The lowest BCUT2D eigenvalue weighted by Crippen LogP contribution is -2.77. The molecular weight excluding hydrogens is 408 g/mol. The number of fused-ring (bicyclic) bond motifs is 2. The summed E-state index contributed by atoms with van der Waals surface area (Å²) < 4.78 is 12.0. The number of ether oxygens (including phenoxy) is 2. The van der Waals surface area contributed by atoms with Crippen molar-refractivity contribution in [2.24, 2.45) is 11.3 Å². The largest absolute Gasteiger partial charge is 0.465 e. The van der Waals surface area contributed by atoms with Gasteiger partial charge in [0.2, 0.25) is 0 Å². The number of carbonyl (C=O) groups is 2. The number of piperidine rings is 4. The van der Waals surface area contributed by atoms with Crippen LogP contribution in [-0.2, 0) is 24.5 Å². The molecular formula is C25H30N2O5. The fraction of sp³-hybridized carbons (Fsp3) is 0.600. The van der Waals surface area contributed by atoms with Crippen LogP contribution in [0.4, 0.5) is 5.69 Å². The van der Waals surface area contributed by atoms with Crippen molar-refractivity contribution < 1.29 is 24.2 Å². The zero-order valence-electron chi connectivity index (χ0n) is 19.0. The lowest BCUT2D eigenvalue weighted by atomic mass is 9.58. The van der Waals surface area contributed by atoms with Gasteiger partial charge in [-0.2, -0.15) is 0 Å². The van der Waals surface area contributed by atoms with Crippen LogP contribution in [0.3, 0.4) is 0 Å². The lowest BCUT2D eigenvalue weighted by Gasteiger charge is -2.65. The number of carbonyl (C=O) groups excluding carboxylic acids is 2. The Balaban J connectivity index is 1.66. The number of rotatable bonds is 3. The van der Waals surface area contributed by atoms with E-state index < -0.39 is 22.7 Å². The van der Waals surface area contributed by atoms with Gasteiger partial charge in [0.05, 0.1) is 16.9 Å². The average Bonchev–Trinajstić information content (AvgIpc) is 3.14. The van der Waals surface area contributed by atoms with Crippen LogP contribution in [0, 0.1) is 11.3 Å². The molecule has 4 saturated heterocycles. The van der Waals surface area contributed by atoms with Crippen molar-refractivity contribution in [3.05, 3.63) is 41.5 Å². The third-order valence-electron chi connectivity index (χ3n) is 9.21. The Morgan fingerprint density at radius 3 is 2.66 bits per heavy atom. The predicted octanol–water partition coefficient (Wildman–Crippen LogP) is 1.98. The first-order chi connectivity index (χ1) is 15.2. The Hall–Kier alpha value is -2.38. The molecule has 1 unspecified atom stereocenters. The van der Waals surface area contributed by atoms with E-state index in [9.17, 15) is 14.7 Å². The highest BCUT2D eigenvalue weighted by Crippen LogP contribution is 2.75. The number of benzene rings is 1. The molecule has 8 atom stereocenters. The van der Waals surface area contributed by atoms with Crippen molar-refractivity contribution in [1.82, 2.24) is 4.90 Å². The van der Waals surface area contributed by atoms with Crippen LogP contribution in [0.1, 0.15) is 39.2 Å². The summed E-state index contributed by atoms with van der Waals surface area (Å²) in [7, 11) is 2.04. The average molecular weight is 439 g/mol. The first-order valence-corrected chi connectivity index (χ1v) is 11.5. The van der Waals surface area contributed by atoms with Crippen LogP contribution < -0.4 is 4.90 Å². The molecule has 5 fully saturated rings. The molecule has 0 radical (unpaired) electrons. The monoisotopic (exact) mass is 438 g/mol. The van der Waals surface area contributed by atoms with Crippen molar-refractivity contribution in [2.75, 3.05) is 25.1 Å². The van der Waals surface area contributed by atoms with Crippen LogP contribution in [0.5, 0.6) is 0 Å². The molecule has 170 valence electrons. The van der Waals surface area contributed by atoms with Gasteiger partial charge in [0.1, 0.15) is 18.4 Å². The third kappa shape index (κ3) is 2.01. The predicted molar refractivity (Wildman–Crippen MR) is 117 cm³/mol. The van der Waals surface area contributed by atoms with E-state index in [1.807, 2.05) is 26.1 Å². The van der Waals surface area contributed by atoms with E-state index in [0.717, 1.165) is 17.7 Å². The highest BCUT2D eigenvalue weighted by atomic mass is 16.6. The van der Waals surface area contributed by atoms with E-state index in [-0.39, 0.29) is 36.5 Å². The molecule has 1 aromatic rings. The molecule has 1 aliphatic carbocycles. The second-order valence-corrected chi connectivity index (χ2v) is 10.3. The summed E-state index contributed by atoms with van der Waals surface area (Å²) >= 11 is 0. The smallest absolute Gasteiger partial charge is 0.302 e. The van der Waals surface area contributed by atoms with E-state index in [0.29, 0.717) is 13.0 Å². The van der Waals surface area contributed by atoms with Crippen molar-refractivity contribution in [3.8, 4) is 0 Å². The molecule has 1 saturated carbocycles. The minimum Gasteiger partial charge on any atom is -0.465 e. The van der Waals surface area contributed by atoms with Gasteiger partial charge in [-0.3, -0.25) is 14.5 Å². The van der Waals surface area contributed by atoms with Gasteiger partial charge >= 0.3 is 11.9 Å². The maximum atomic E-state index is 12.5. The van der Waals surface area contributed by atoms with Gasteiger partial charge in [-0.25, -0.2) is 0 Å². The normalized spacial score (nSPS) is 45.7. The topological polar surface area (TPSA) is 79.3 Å². The third-order valence-corrected chi connectivity index (χ3v) is 9.21. The number of anilines is 1. The summed E-state index contributed by atoms with van der Waals surface area (Å²) in [6.45, 7) is 5.77. The van der Waals surface area contributed by atoms with Gasteiger partial charge in [0.15, 0.2) is 0 Å². The van der Waals surface area contributed by atoms with E-state index in [4.69, 9.17) is 9.47 Å². The maximum absolute atomic E-state index is 12.5. The summed E-state index contributed by atoms with van der Waals surface area (Å²) in [6, 6.07) is 7.93. The zero-order chi connectivity index (χ0) is 22.6. The molecule has 0 amide bonds. The fourth-order valence-electron chi connectivity index (χ4n) is 8.47. The number of aliphatic hydroxyl groups is 1. The van der Waals surface area contributed by atoms with Crippen LogP contribution in [0.2, 0.25) is 0 Å². The molecule has 5 heterocycles. The van der Waals surface area contributed by atoms with E-state index >= 15 is 0 Å². The van der Waals surface area contributed by atoms with Crippen molar-refractivity contribution in [1.29, 1.82) is 0 Å². The number of hydrogen-bond donors (Lipinski definition) is 1. The molecule has 1 spiro atoms. The standard InChI is InChI=1S/C25H30N2O5/c1-5-16-12-27-20-11-23-17-8-6-7-9-19(17)26(4)21(23)25(27,30)10-18(16)24(20,13-31-14(2)28)22(23)32-15(3)29/h5-9,18,20-22,30H,10-13H2,1-4H3/b16-5-/t18-,20-,21-,22+,23+,24-,25+/m0/s1. The Morgan fingerprint density at radius 2 is 1.97 bits per heavy atom. The highest BCUT2D eigenvalue weighted by Gasteiger charge is 2.85. The first-order valence-electron chi connectivity index (χ1n) is 11.5. The van der Waals surface area contributed by atoms with Crippen LogP contribution in [-0.4, -0.2) is 66.1 Å². The fourth-order valence-corrected chi connectivity index (χ4v) is 8.47. The Morgan fingerprint density at radius 1 is 1.22 bits per heavy atom. The molecule has 7 rings (SSSR count). The quantitative estimate of drug-likeness (QED) is 0.571. The van der Waals surface area contributed by atoms with Crippen LogP contribution in [0.15, 0.2) is 35.9 Å². The van der Waals surface area contributed by atoms with Gasteiger partial charge in [-0.05, 0) is 37.3 Å². The van der Waals surface area contributed by atoms with Gasteiger partial charge < -0.3 is 19.5 Å². The number of likely N-dealkylation sites (N-methyl/N-ethyl adjacent to an activating group) is 1. The molecule has 5 aliphatic heterocycles. The minimum atomic E-state index is -1.05. The molecule has 7 nitrogen and oxygen atoms in total. The molecule has 6 aliphatic rings. The van der Waals surface area contributed by atoms with E-state index in [1.54, 1.807) is 0 Å². The van der Waals surface area contributed by atoms with Crippen molar-refractivity contribution in [3.63, 3.8) is 0 Å². The van der Waals surface area contributed by atoms with Gasteiger partial charge in [-0.15, -0.1) is 0 Å². The lowest BCUT2D eigenvalue weighted by molar-refractivity contribution is -0.247. The Bertz CT molecular complexity index is 1070. The van der Waals surface area contributed by atoms with Crippen LogP contribution in [0.25, 0.3) is 0 Å². The second kappa shape index (κ2) is 6.14. The van der Waals surface area contributed by atoms with E-state index in [1.165, 1.54) is 19.4 Å². The summed E-state index contributed by atoms with van der Waals surface area (Å²) in [5.41, 5.74) is 1.20. The molecule has 7 heteroatoms. The summed E-state index contributed by atoms with van der Waals surface area (Å²) in [5, 5.41) is 12.4. The Labute approximate surface area is 188 Å². The van der Waals surface area contributed by atoms with Crippen molar-refractivity contribution in [2.45, 2.75) is 62.9 Å². The number of allylic oxidation sites excluding steroid dienone is 1. The molecule has 1 aromatic carbocycles. The zero-order valence-corrected chi connectivity index (χ0v) is 19.0. The SMILES string of the molecule is C/C=C1/CN2[C@H]3C[C@@]45c6ccccc6N(C)[C@@H]4[C@]2(O)C[C@@H]1[C@]3(COC(C)=O)[C@@H]5OC(C)=O. The second-order valence-electron chi connectivity index (χ2n) is 10.3. The van der Waals surface area contributed by atoms with Gasteiger partial charge in [0.25, 0.3) is 0 Å². The molecule has 0 aromatic heterocycles. The summed E-state index contributed by atoms with van der Waals surface area (Å²) in [6.07, 6.45) is 2.91. The number of nitrogens with zero attached hydrogens (tertiary/aromatic N) is 2. The number of esters is 2. The molecule has 1 N–H and O–H groups in total. The van der Waals surface area contributed by atoms with E-state index in [2.05, 4.69) is 28.0 Å². The minimum absolute atomic E-state index is 0.0262. The molecule has 32 heavy (non-hydrogen) atoms. The number of para-hydroxylation sites is 1. The van der Waals surface area contributed by atoms with Gasteiger partial charge in [-0.1, -0.05) is 29.8 Å². The van der Waals surface area contributed by atoms with Crippen LogP contribution >= 0.6 is 0 Å². The number of hydrogen-bond acceptors (Lipinski definition) is 7. The van der Waals surface area contributed by atoms with Gasteiger partial charge in [0, 0.05) is 39.2 Å². The summed E-state index contributed by atoms with van der Waals surface area (Å²) in [5.74, 6) is -0.705. The Kier molecular flexibility index (Phi) is 3.89.